The van der Waals surface area contributed by atoms with Gasteiger partial charge in [0.2, 0.25) is 5.91 Å². The van der Waals surface area contributed by atoms with Crippen molar-refractivity contribution in [2.45, 2.75) is 33.2 Å². The van der Waals surface area contributed by atoms with Gasteiger partial charge in [-0.25, -0.2) is 9.78 Å². The number of amides is 1. The number of benzene rings is 1. The van der Waals surface area contributed by atoms with Gasteiger partial charge in [0.05, 0.1) is 13.0 Å². The van der Waals surface area contributed by atoms with Crippen molar-refractivity contribution < 1.29 is 14.7 Å². The molecule has 6 heteroatoms. The van der Waals surface area contributed by atoms with Crippen LogP contribution < -0.4 is 5.32 Å². The minimum absolute atomic E-state index is 0.0139. The van der Waals surface area contributed by atoms with E-state index in [0.29, 0.717) is 17.3 Å². The topological polar surface area (TPSA) is 79.3 Å². The zero-order valence-corrected chi connectivity index (χ0v) is 14.0. The van der Waals surface area contributed by atoms with Gasteiger partial charge in [0.1, 0.15) is 5.01 Å². The van der Waals surface area contributed by atoms with Crippen molar-refractivity contribution in [1.82, 2.24) is 10.3 Å². The summed E-state index contributed by atoms with van der Waals surface area (Å²) in [5.41, 5.74) is 2.24. The van der Waals surface area contributed by atoms with Crippen LogP contribution in [0.3, 0.4) is 0 Å². The largest absolute Gasteiger partial charge is 0.476 e. The van der Waals surface area contributed by atoms with E-state index in [1.54, 1.807) is 0 Å². The molecular weight excluding hydrogens is 312 g/mol. The standard InChI is InChI=1S/C17H20N2O3S/c1-11(2)7-12-3-5-13(6-4-12)8-15(20)18-9-16-19-14(10-23-16)17(21)22/h3-6,10-11H,7-9H2,1-2H3,(H,18,20)(H,21,22). The van der Waals surface area contributed by atoms with Crippen molar-refractivity contribution >= 4 is 23.2 Å². The smallest absolute Gasteiger partial charge is 0.355 e. The van der Waals surface area contributed by atoms with Gasteiger partial charge < -0.3 is 10.4 Å². The Bertz CT molecular complexity index is 677. The van der Waals surface area contributed by atoms with Crippen molar-refractivity contribution in [3.05, 3.63) is 51.5 Å². The van der Waals surface area contributed by atoms with Crippen LogP contribution in [0.5, 0.6) is 0 Å². The highest BCUT2D eigenvalue weighted by Gasteiger charge is 2.10. The van der Waals surface area contributed by atoms with Crippen LogP contribution in [0, 0.1) is 5.92 Å². The molecule has 0 radical (unpaired) electrons. The number of thiazole rings is 1. The van der Waals surface area contributed by atoms with E-state index in [2.05, 4.69) is 36.3 Å². The SMILES string of the molecule is CC(C)Cc1ccc(CC(=O)NCc2nc(C(=O)O)cs2)cc1. The number of carbonyl (C=O) groups excluding carboxylic acids is 1. The van der Waals surface area contributed by atoms with E-state index < -0.39 is 5.97 Å². The quantitative estimate of drug-likeness (QED) is 0.817. The first-order valence-electron chi connectivity index (χ1n) is 7.46. The summed E-state index contributed by atoms with van der Waals surface area (Å²) in [6, 6.07) is 8.07. The molecule has 0 bridgehead atoms. The Morgan fingerprint density at radius 1 is 1.22 bits per heavy atom. The number of hydrogen-bond donors (Lipinski definition) is 2. The van der Waals surface area contributed by atoms with Crippen LogP contribution in [0.15, 0.2) is 29.6 Å². The van der Waals surface area contributed by atoms with E-state index in [1.165, 1.54) is 22.3 Å². The highest BCUT2D eigenvalue weighted by atomic mass is 32.1. The highest BCUT2D eigenvalue weighted by molar-refractivity contribution is 7.09. The molecule has 0 aliphatic heterocycles. The summed E-state index contributed by atoms with van der Waals surface area (Å²) in [5, 5.41) is 13.6. The first-order chi connectivity index (χ1) is 10.9. The van der Waals surface area contributed by atoms with E-state index in [4.69, 9.17) is 5.11 Å². The highest BCUT2D eigenvalue weighted by Crippen LogP contribution is 2.11. The van der Waals surface area contributed by atoms with Crippen molar-refractivity contribution in [3.8, 4) is 0 Å². The zero-order chi connectivity index (χ0) is 16.8. The monoisotopic (exact) mass is 332 g/mol. The van der Waals surface area contributed by atoms with Crippen molar-refractivity contribution in [2.24, 2.45) is 5.92 Å². The van der Waals surface area contributed by atoms with Crippen LogP contribution in [-0.2, 0) is 24.2 Å². The van der Waals surface area contributed by atoms with Gasteiger partial charge in [-0.1, -0.05) is 38.1 Å². The Labute approximate surface area is 139 Å². The Morgan fingerprint density at radius 3 is 2.43 bits per heavy atom. The number of carboxylic acids is 1. The third kappa shape index (κ3) is 5.49. The van der Waals surface area contributed by atoms with Gasteiger partial charge in [-0.2, -0.15) is 0 Å². The lowest BCUT2D eigenvalue weighted by Crippen LogP contribution is -2.24. The molecule has 2 aromatic rings. The Balaban J connectivity index is 1.83. The average molecular weight is 332 g/mol. The minimum atomic E-state index is -1.06. The number of carboxylic acid groups (broad SMARTS) is 1. The first kappa shape index (κ1) is 17.1. The molecule has 0 atom stereocenters. The molecule has 0 unspecified atom stereocenters. The summed E-state index contributed by atoms with van der Waals surface area (Å²) in [6.07, 6.45) is 1.33. The molecule has 1 aromatic carbocycles. The third-order valence-electron chi connectivity index (χ3n) is 3.24. The van der Waals surface area contributed by atoms with Gasteiger partial charge >= 0.3 is 5.97 Å². The normalized spacial score (nSPS) is 10.7. The molecule has 1 amide bonds. The summed E-state index contributed by atoms with van der Waals surface area (Å²) >= 11 is 1.23. The maximum absolute atomic E-state index is 11.9. The van der Waals surface area contributed by atoms with E-state index in [9.17, 15) is 9.59 Å². The third-order valence-corrected chi connectivity index (χ3v) is 4.09. The second kappa shape index (κ2) is 7.87. The fraction of sp³-hybridized carbons (Fsp3) is 0.353. The fourth-order valence-electron chi connectivity index (χ4n) is 2.18. The summed E-state index contributed by atoms with van der Waals surface area (Å²) in [4.78, 5) is 26.6. The molecule has 0 fully saturated rings. The number of rotatable bonds is 7. The van der Waals surface area contributed by atoms with Crippen LogP contribution in [0.25, 0.3) is 0 Å². The Kier molecular flexibility index (Phi) is 5.87. The molecule has 1 aromatic heterocycles. The molecule has 2 rings (SSSR count). The molecule has 23 heavy (non-hydrogen) atoms. The van der Waals surface area contributed by atoms with Crippen molar-refractivity contribution in [2.75, 3.05) is 0 Å². The number of nitrogens with zero attached hydrogens (tertiary/aromatic N) is 1. The van der Waals surface area contributed by atoms with Gasteiger partial charge in [-0.3, -0.25) is 4.79 Å². The molecule has 2 N–H and O–H groups in total. The van der Waals surface area contributed by atoms with E-state index >= 15 is 0 Å². The van der Waals surface area contributed by atoms with Crippen LogP contribution >= 0.6 is 11.3 Å². The minimum Gasteiger partial charge on any atom is -0.476 e. The predicted octanol–water partition coefficient (Wildman–Crippen LogP) is 2.90. The summed E-state index contributed by atoms with van der Waals surface area (Å²) < 4.78 is 0. The lowest BCUT2D eigenvalue weighted by Gasteiger charge is -2.07. The second-order valence-electron chi connectivity index (χ2n) is 5.80. The Hall–Kier alpha value is -2.21. The Morgan fingerprint density at radius 2 is 1.87 bits per heavy atom. The number of hydrogen-bond acceptors (Lipinski definition) is 4. The molecule has 0 aliphatic rings. The van der Waals surface area contributed by atoms with Crippen molar-refractivity contribution in [1.29, 1.82) is 0 Å². The molecule has 0 saturated heterocycles. The maximum Gasteiger partial charge on any atom is 0.355 e. The summed E-state index contributed by atoms with van der Waals surface area (Å²) in [5.74, 6) is -0.549. The average Bonchev–Trinajstić information content (AvgIpc) is 2.96. The number of carbonyl (C=O) groups is 2. The predicted molar refractivity (Wildman–Crippen MR) is 89.6 cm³/mol. The maximum atomic E-state index is 11.9. The lowest BCUT2D eigenvalue weighted by atomic mass is 10.0. The number of nitrogens with one attached hydrogen (secondary N) is 1. The fourth-order valence-corrected chi connectivity index (χ4v) is 2.88. The van der Waals surface area contributed by atoms with Crippen LogP contribution in [0.1, 0.15) is 40.5 Å². The molecule has 5 nitrogen and oxygen atoms in total. The van der Waals surface area contributed by atoms with E-state index in [1.807, 2.05) is 12.1 Å². The summed E-state index contributed by atoms with van der Waals surface area (Å²) in [7, 11) is 0. The van der Waals surface area contributed by atoms with Gasteiger partial charge in [-0.05, 0) is 23.5 Å². The van der Waals surface area contributed by atoms with Gasteiger partial charge in [0.25, 0.3) is 0 Å². The molecule has 0 saturated carbocycles. The number of aromatic carboxylic acids is 1. The molecule has 1 heterocycles. The van der Waals surface area contributed by atoms with Crippen LogP contribution in [-0.4, -0.2) is 22.0 Å². The summed E-state index contributed by atoms with van der Waals surface area (Å²) in [6.45, 7) is 4.60. The van der Waals surface area contributed by atoms with Gasteiger partial charge in [-0.15, -0.1) is 11.3 Å². The molecular formula is C17H20N2O3S. The molecule has 0 aliphatic carbocycles. The van der Waals surface area contributed by atoms with E-state index in [-0.39, 0.29) is 18.1 Å². The second-order valence-corrected chi connectivity index (χ2v) is 6.74. The number of aromatic nitrogens is 1. The lowest BCUT2D eigenvalue weighted by molar-refractivity contribution is -0.120. The van der Waals surface area contributed by atoms with E-state index in [0.717, 1.165) is 12.0 Å². The zero-order valence-electron chi connectivity index (χ0n) is 13.2. The van der Waals surface area contributed by atoms with Gasteiger partial charge in [0, 0.05) is 5.38 Å². The molecule has 122 valence electrons. The van der Waals surface area contributed by atoms with Gasteiger partial charge in [0.15, 0.2) is 5.69 Å². The van der Waals surface area contributed by atoms with Crippen LogP contribution in [0.4, 0.5) is 0 Å². The van der Waals surface area contributed by atoms with Crippen molar-refractivity contribution in [3.63, 3.8) is 0 Å². The molecule has 0 spiro atoms. The van der Waals surface area contributed by atoms with Crippen LogP contribution in [0.2, 0.25) is 0 Å². The first-order valence-corrected chi connectivity index (χ1v) is 8.34.